The van der Waals surface area contributed by atoms with Gasteiger partial charge < -0.3 is 10.6 Å². The van der Waals surface area contributed by atoms with Crippen molar-refractivity contribution < 1.29 is 4.79 Å². The summed E-state index contributed by atoms with van der Waals surface area (Å²) in [4.78, 5) is 24.3. The van der Waals surface area contributed by atoms with Gasteiger partial charge in [-0.15, -0.1) is 11.3 Å². The van der Waals surface area contributed by atoms with Crippen LogP contribution in [0.15, 0.2) is 40.5 Å². The molecule has 8 heteroatoms. The standard InChI is InChI=1S/C25H30N4OS3/c1-17(30)28-25(31)29-19-13-10-11-15-21(19)33-24-22-18-12-8-6-4-2-3-5-7-9-14-20(18)32-23(22)26-16-27-24/h10-11,13,15-16H,2-9,12,14H2,1H3,(H2,28,29,30,31). The Hall–Kier alpha value is -2.03. The summed E-state index contributed by atoms with van der Waals surface area (Å²) >= 11 is 8.76. The first-order valence-corrected chi connectivity index (χ1v) is 13.8. The van der Waals surface area contributed by atoms with Crippen LogP contribution in [-0.4, -0.2) is 21.0 Å². The number of carbonyl (C=O) groups excluding carboxylic acids is 1. The molecule has 1 aromatic carbocycles. The normalized spacial score (nSPS) is 15.2. The van der Waals surface area contributed by atoms with E-state index >= 15 is 0 Å². The maximum absolute atomic E-state index is 11.4. The molecule has 174 valence electrons. The van der Waals surface area contributed by atoms with Crippen LogP contribution in [0.4, 0.5) is 5.69 Å². The van der Waals surface area contributed by atoms with E-state index in [0.29, 0.717) is 5.11 Å². The molecule has 0 spiro atoms. The fourth-order valence-electron chi connectivity index (χ4n) is 4.28. The Morgan fingerprint density at radius 1 is 1.00 bits per heavy atom. The number of anilines is 1. The zero-order valence-electron chi connectivity index (χ0n) is 19.0. The monoisotopic (exact) mass is 498 g/mol. The van der Waals surface area contributed by atoms with Gasteiger partial charge in [0.2, 0.25) is 5.91 Å². The minimum absolute atomic E-state index is 0.190. The van der Waals surface area contributed by atoms with E-state index in [2.05, 4.69) is 21.7 Å². The molecule has 0 radical (unpaired) electrons. The number of amides is 1. The first-order valence-electron chi connectivity index (χ1n) is 11.7. The van der Waals surface area contributed by atoms with Gasteiger partial charge in [-0.2, -0.15) is 0 Å². The van der Waals surface area contributed by atoms with Gasteiger partial charge in [0.1, 0.15) is 16.2 Å². The largest absolute Gasteiger partial charge is 0.331 e. The lowest BCUT2D eigenvalue weighted by Crippen LogP contribution is -2.32. The third kappa shape index (κ3) is 6.52. The molecular weight excluding hydrogens is 469 g/mol. The summed E-state index contributed by atoms with van der Waals surface area (Å²) < 4.78 is 0. The molecule has 33 heavy (non-hydrogen) atoms. The molecule has 0 saturated heterocycles. The van der Waals surface area contributed by atoms with E-state index in [1.165, 1.54) is 74.1 Å². The fraction of sp³-hybridized carbons (Fsp3) is 0.440. The molecule has 2 heterocycles. The van der Waals surface area contributed by atoms with E-state index in [9.17, 15) is 4.79 Å². The number of hydrogen-bond donors (Lipinski definition) is 2. The van der Waals surface area contributed by atoms with Crippen molar-refractivity contribution in [2.24, 2.45) is 0 Å². The van der Waals surface area contributed by atoms with Gasteiger partial charge in [-0.1, -0.05) is 62.4 Å². The Balaban J connectivity index is 1.65. The second-order valence-corrected chi connectivity index (χ2v) is 10.9. The molecule has 0 aliphatic heterocycles. The van der Waals surface area contributed by atoms with Crippen molar-refractivity contribution in [2.75, 3.05) is 5.32 Å². The molecule has 0 unspecified atom stereocenters. The molecule has 2 N–H and O–H groups in total. The Morgan fingerprint density at radius 2 is 1.70 bits per heavy atom. The van der Waals surface area contributed by atoms with E-state index in [-0.39, 0.29) is 5.91 Å². The number of rotatable bonds is 3. The number of carbonyl (C=O) groups is 1. The molecular formula is C25H30N4OS3. The van der Waals surface area contributed by atoms with Gasteiger partial charge in [0.05, 0.1) is 5.69 Å². The zero-order valence-corrected chi connectivity index (χ0v) is 21.4. The second-order valence-electron chi connectivity index (χ2n) is 8.42. The third-order valence-electron chi connectivity index (χ3n) is 5.85. The maximum atomic E-state index is 11.4. The smallest absolute Gasteiger partial charge is 0.222 e. The van der Waals surface area contributed by atoms with Gasteiger partial charge in [-0.3, -0.25) is 4.79 Å². The number of thiophene rings is 1. The van der Waals surface area contributed by atoms with Crippen LogP contribution in [0.1, 0.15) is 68.7 Å². The van der Waals surface area contributed by atoms with Crippen LogP contribution in [0.25, 0.3) is 10.2 Å². The van der Waals surface area contributed by atoms with Crippen LogP contribution in [0.3, 0.4) is 0 Å². The number of nitrogens with zero attached hydrogens (tertiary/aromatic N) is 2. The van der Waals surface area contributed by atoms with E-state index < -0.39 is 0 Å². The molecule has 0 atom stereocenters. The number of aromatic nitrogens is 2. The van der Waals surface area contributed by atoms with E-state index in [4.69, 9.17) is 17.2 Å². The van der Waals surface area contributed by atoms with E-state index in [1.807, 2.05) is 29.5 Å². The Labute approximate surface area is 209 Å². The van der Waals surface area contributed by atoms with Crippen molar-refractivity contribution in [1.29, 1.82) is 0 Å². The molecule has 4 rings (SSSR count). The van der Waals surface area contributed by atoms with Gasteiger partial charge in [0.25, 0.3) is 0 Å². The SMILES string of the molecule is CC(=O)NC(=S)Nc1ccccc1Sc1ncnc2sc3c(c12)CCCCCCCCCC3. The summed E-state index contributed by atoms with van der Waals surface area (Å²) in [5, 5.41) is 8.29. The van der Waals surface area contributed by atoms with Crippen molar-refractivity contribution in [3.63, 3.8) is 0 Å². The minimum atomic E-state index is -0.190. The van der Waals surface area contributed by atoms with Crippen molar-refractivity contribution in [1.82, 2.24) is 15.3 Å². The highest BCUT2D eigenvalue weighted by atomic mass is 32.2. The lowest BCUT2D eigenvalue weighted by molar-refractivity contribution is -0.117. The molecule has 0 fully saturated rings. The molecule has 1 aliphatic carbocycles. The first kappa shape index (κ1) is 24.1. The predicted octanol–water partition coefficient (Wildman–Crippen LogP) is 6.89. The minimum Gasteiger partial charge on any atom is -0.331 e. The maximum Gasteiger partial charge on any atom is 0.222 e. The van der Waals surface area contributed by atoms with Crippen LogP contribution >= 0.6 is 35.3 Å². The number of fused-ring (bicyclic) bond motifs is 3. The van der Waals surface area contributed by atoms with Crippen LogP contribution in [0, 0.1) is 0 Å². The predicted molar refractivity (Wildman–Crippen MR) is 142 cm³/mol. The summed E-state index contributed by atoms with van der Waals surface area (Å²) in [6, 6.07) is 7.98. The summed E-state index contributed by atoms with van der Waals surface area (Å²) in [6.07, 6.45) is 14.4. The van der Waals surface area contributed by atoms with Crippen LogP contribution in [-0.2, 0) is 17.6 Å². The highest BCUT2D eigenvalue weighted by Crippen LogP contribution is 2.41. The number of thiocarbonyl (C=S) groups is 1. The van der Waals surface area contributed by atoms with Gasteiger partial charge in [-0.05, 0) is 55.6 Å². The Morgan fingerprint density at radius 3 is 2.45 bits per heavy atom. The van der Waals surface area contributed by atoms with Crippen LogP contribution in [0.2, 0.25) is 0 Å². The highest BCUT2D eigenvalue weighted by molar-refractivity contribution is 7.99. The first-order chi connectivity index (χ1) is 16.1. The quantitative estimate of drug-likeness (QED) is 0.303. The van der Waals surface area contributed by atoms with Gasteiger partial charge in [-0.25, -0.2) is 9.97 Å². The summed E-state index contributed by atoms with van der Waals surface area (Å²) in [6.45, 7) is 1.45. The third-order valence-corrected chi connectivity index (χ3v) is 8.33. The Kier molecular flexibility index (Phi) is 8.69. The average Bonchev–Trinajstić information content (AvgIpc) is 3.12. The van der Waals surface area contributed by atoms with Crippen molar-refractivity contribution >= 4 is 62.2 Å². The Bertz CT molecular complexity index is 1130. The second kappa shape index (κ2) is 11.9. The van der Waals surface area contributed by atoms with Crippen LogP contribution < -0.4 is 10.6 Å². The lowest BCUT2D eigenvalue weighted by atomic mass is 9.99. The van der Waals surface area contributed by atoms with Gasteiger partial charge in [0.15, 0.2) is 5.11 Å². The van der Waals surface area contributed by atoms with Gasteiger partial charge >= 0.3 is 0 Å². The summed E-state index contributed by atoms with van der Waals surface area (Å²) in [5.41, 5.74) is 2.31. The molecule has 0 bridgehead atoms. The lowest BCUT2D eigenvalue weighted by Gasteiger charge is -2.13. The van der Waals surface area contributed by atoms with Crippen LogP contribution in [0.5, 0.6) is 0 Å². The number of benzene rings is 1. The molecule has 5 nitrogen and oxygen atoms in total. The van der Waals surface area contributed by atoms with E-state index in [1.54, 1.807) is 18.1 Å². The molecule has 1 aliphatic rings. The molecule has 1 amide bonds. The molecule has 3 aromatic rings. The average molecular weight is 499 g/mol. The topological polar surface area (TPSA) is 66.9 Å². The number of hydrogen-bond acceptors (Lipinski definition) is 6. The van der Waals surface area contributed by atoms with Crippen molar-refractivity contribution in [3.8, 4) is 0 Å². The number of para-hydroxylation sites is 1. The number of aryl methyl sites for hydroxylation is 2. The summed E-state index contributed by atoms with van der Waals surface area (Å²) in [5.74, 6) is -0.190. The van der Waals surface area contributed by atoms with Crippen molar-refractivity contribution in [3.05, 3.63) is 41.0 Å². The highest BCUT2D eigenvalue weighted by Gasteiger charge is 2.19. The molecule has 0 saturated carbocycles. The summed E-state index contributed by atoms with van der Waals surface area (Å²) in [7, 11) is 0. The number of nitrogens with one attached hydrogen (secondary N) is 2. The molecule has 2 aromatic heterocycles. The van der Waals surface area contributed by atoms with E-state index in [0.717, 1.165) is 33.3 Å². The zero-order chi connectivity index (χ0) is 23.0. The van der Waals surface area contributed by atoms with Crippen molar-refractivity contribution in [2.45, 2.75) is 81.1 Å². The van der Waals surface area contributed by atoms with Gasteiger partial charge in [0, 0.05) is 22.1 Å². The fourth-order valence-corrected chi connectivity index (χ4v) is 6.83.